The van der Waals surface area contributed by atoms with E-state index in [0.717, 1.165) is 31.6 Å². The van der Waals surface area contributed by atoms with E-state index in [4.69, 9.17) is 0 Å². The van der Waals surface area contributed by atoms with Crippen molar-refractivity contribution < 1.29 is 4.79 Å². The van der Waals surface area contributed by atoms with Gasteiger partial charge in [-0.25, -0.2) is 9.97 Å². The van der Waals surface area contributed by atoms with E-state index in [1.165, 1.54) is 11.3 Å². The standard InChI is InChI=1S/C17H20N4O/c1-2-3-9-18-17(22)14-11-20-16(12-19-14)21-10-8-13-6-4-5-7-15(13)21/h4-7,11-12H,2-3,8-10H2,1H3,(H,18,22). The van der Waals surface area contributed by atoms with Gasteiger partial charge in [-0.2, -0.15) is 0 Å². The Kier molecular flexibility index (Phi) is 4.32. The Labute approximate surface area is 130 Å². The molecule has 0 saturated heterocycles. The fraction of sp³-hybridized carbons (Fsp3) is 0.353. The first-order chi connectivity index (χ1) is 10.8. The number of hydrogen-bond donors (Lipinski definition) is 1. The van der Waals surface area contributed by atoms with Crippen LogP contribution in [0.15, 0.2) is 36.7 Å². The van der Waals surface area contributed by atoms with Gasteiger partial charge < -0.3 is 10.2 Å². The molecule has 1 aliphatic heterocycles. The molecular weight excluding hydrogens is 276 g/mol. The Balaban J connectivity index is 1.71. The second kappa shape index (κ2) is 6.56. The molecule has 1 aliphatic rings. The monoisotopic (exact) mass is 296 g/mol. The molecule has 114 valence electrons. The highest BCUT2D eigenvalue weighted by molar-refractivity contribution is 5.92. The molecule has 0 atom stereocenters. The minimum Gasteiger partial charge on any atom is -0.351 e. The molecule has 3 rings (SSSR count). The molecule has 5 heteroatoms. The van der Waals surface area contributed by atoms with E-state index in [0.29, 0.717) is 12.2 Å². The van der Waals surface area contributed by atoms with Gasteiger partial charge in [0.1, 0.15) is 5.69 Å². The maximum Gasteiger partial charge on any atom is 0.271 e. The lowest BCUT2D eigenvalue weighted by Gasteiger charge is -2.17. The van der Waals surface area contributed by atoms with Gasteiger partial charge in [0.05, 0.1) is 12.4 Å². The van der Waals surface area contributed by atoms with Gasteiger partial charge in [-0.05, 0) is 24.5 Å². The summed E-state index contributed by atoms with van der Waals surface area (Å²) in [6.45, 7) is 3.67. The van der Waals surface area contributed by atoms with E-state index in [1.807, 2.05) is 6.07 Å². The van der Waals surface area contributed by atoms with Crippen LogP contribution in [0.3, 0.4) is 0 Å². The van der Waals surface area contributed by atoms with Gasteiger partial charge in [-0.1, -0.05) is 31.5 Å². The van der Waals surface area contributed by atoms with Crippen LogP contribution in [-0.4, -0.2) is 29.0 Å². The van der Waals surface area contributed by atoms with Crippen LogP contribution in [0.25, 0.3) is 0 Å². The minimum atomic E-state index is -0.158. The molecular formula is C17H20N4O. The van der Waals surface area contributed by atoms with Crippen LogP contribution in [0.1, 0.15) is 35.8 Å². The van der Waals surface area contributed by atoms with E-state index in [1.54, 1.807) is 12.4 Å². The summed E-state index contributed by atoms with van der Waals surface area (Å²) >= 11 is 0. The summed E-state index contributed by atoms with van der Waals surface area (Å²) in [6.07, 6.45) is 6.27. The minimum absolute atomic E-state index is 0.158. The predicted molar refractivity (Wildman–Crippen MR) is 86.4 cm³/mol. The molecule has 1 aromatic carbocycles. The molecule has 1 amide bonds. The van der Waals surface area contributed by atoms with Crippen LogP contribution in [0.5, 0.6) is 0 Å². The molecule has 0 radical (unpaired) electrons. The van der Waals surface area contributed by atoms with Crippen LogP contribution in [-0.2, 0) is 6.42 Å². The van der Waals surface area contributed by atoms with Crippen molar-refractivity contribution in [2.24, 2.45) is 0 Å². The van der Waals surface area contributed by atoms with E-state index in [2.05, 4.69) is 45.3 Å². The zero-order valence-electron chi connectivity index (χ0n) is 12.7. The molecule has 0 bridgehead atoms. The van der Waals surface area contributed by atoms with Crippen molar-refractivity contribution in [3.63, 3.8) is 0 Å². The maximum absolute atomic E-state index is 11.9. The van der Waals surface area contributed by atoms with Crippen molar-refractivity contribution in [1.29, 1.82) is 0 Å². The second-order valence-electron chi connectivity index (χ2n) is 5.40. The van der Waals surface area contributed by atoms with Gasteiger partial charge in [-0.3, -0.25) is 4.79 Å². The van der Waals surface area contributed by atoms with Crippen LogP contribution >= 0.6 is 0 Å². The number of benzene rings is 1. The molecule has 22 heavy (non-hydrogen) atoms. The number of carbonyl (C=O) groups is 1. The largest absolute Gasteiger partial charge is 0.351 e. The van der Waals surface area contributed by atoms with E-state index >= 15 is 0 Å². The molecule has 0 saturated carbocycles. The highest BCUT2D eigenvalue weighted by atomic mass is 16.1. The topological polar surface area (TPSA) is 58.1 Å². The van der Waals surface area contributed by atoms with Crippen molar-refractivity contribution in [3.8, 4) is 0 Å². The number of fused-ring (bicyclic) bond motifs is 1. The van der Waals surface area contributed by atoms with Crippen LogP contribution < -0.4 is 10.2 Å². The first-order valence-electron chi connectivity index (χ1n) is 7.75. The van der Waals surface area contributed by atoms with Crippen molar-refractivity contribution >= 4 is 17.4 Å². The zero-order chi connectivity index (χ0) is 15.4. The number of para-hydroxylation sites is 1. The van der Waals surface area contributed by atoms with Gasteiger partial charge in [0.15, 0.2) is 5.82 Å². The number of hydrogen-bond acceptors (Lipinski definition) is 4. The summed E-state index contributed by atoms with van der Waals surface area (Å²) in [4.78, 5) is 22.7. The average Bonchev–Trinajstić information content (AvgIpc) is 2.99. The average molecular weight is 296 g/mol. The molecule has 5 nitrogen and oxygen atoms in total. The fourth-order valence-corrected chi connectivity index (χ4v) is 2.62. The number of nitrogens with one attached hydrogen (secondary N) is 1. The van der Waals surface area contributed by atoms with Crippen molar-refractivity contribution in [2.45, 2.75) is 26.2 Å². The number of nitrogens with zero attached hydrogens (tertiary/aromatic N) is 3. The summed E-state index contributed by atoms with van der Waals surface area (Å²) in [5, 5.41) is 2.85. The highest BCUT2D eigenvalue weighted by Gasteiger charge is 2.21. The third-order valence-electron chi connectivity index (χ3n) is 3.85. The molecule has 0 unspecified atom stereocenters. The van der Waals surface area contributed by atoms with Crippen LogP contribution in [0.4, 0.5) is 11.5 Å². The third-order valence-corrected chi connectivity index (χ3v) is 3.85. The third kappa shape index (κ3) is 2.93. The Morgan fingerprint density at radius 1 is 1.27 bits per heavy atom. The van der Waals surface area contributed by atoms with Crippen molar-refractivity contribution in [1.82, 2.24) is 15.3 Å². The maximum atomic E-state index is 11.9. The first kappa shape index (κ1) is 14.5. The van der Waals surface area contributed by atoms with E-state index in [-0.39, 0.29) is 5.91 Å². The first-order valence-corrected chi connectivity index (χ1v) is 7.75. The SMILES string of the molecule is CCCCNC(=O)c1cnc(N2CCc3ccccc32)cn1. The second-order valence-corrected chi connectivity index (χ2v) is 5.40. The number of carbonyl (C=O) groups excluding carboxylic acids is 1. The van der Waals surface area contributed by atoms with Crippen LogP contribution in [0, 0.1) is 0 Å². The lowest BCUT2D eigenvalue weighted by Crippen LogP contribution is -2.25. The lowest BCUT2D eigenvalue weighted by atomic mass is 10.2. The van der Waals surface area contributed by atoms with Gasteiger partial charge in [0.25, 0.3) is 5.91 Å². The van der Waals surface area contributed by atoms with Crippen molar-refractivity contribution in [3.05, 3.63) is 47.9 Å². The molecule has 0 aliphatic carbocycles. The normalized spacial score (nSPS) is 13.0. The Bertz CT molecular complexity index is 654. The number of aromatic nitrogens is 2. The fourth-order valence-electron chi connectivity index (χ4n) is 2.62. The van der Waals surface area contributed by atoms with Crippen molar-refractivity contribution in [2.75, 3.05) is 18.0 Å². The number of amides is 1. The Morgan fingerprint density at radius 2 is 2.14 bits per heavy atom. The van der Waals surface area contributed by atoms with Gasteiger partial charge in [0, 0.05) is 18.8 Å². The van der Waals surface area contributed by atoms with E-state index in [9.17, 15) is 4.79 Å². The smallest absolute Gasteiger partial charge is 0.271 e. The highest BCUT2D eigenvalue weighted by Crippen LogP contribution is 2.32. The number of rotatable bonds is 5. The predicted octanol–water partition coefficient (Wildman–Crippen LogP) is 2.70. The molecule has 0 spiro atoms. The molecule has 2 heterocycles. The van der Waals surface area contributed by atoms with Crippen LogP contribution in [0.2, 0.25) is 0 Å². The Hall–Kier alpha value is -2.43. The molecule has 1 N–H and O–H groups in total. The quantitative estimate of drug-likeness (QED) is 0.862. The molecule has 1 aromatic heterocycles. The van der Waals surface area contributed by atoms with Gasteiger partial charge in [-0.15, -0.1) is 0 Å². The zero-order valence-corrected chi connectivity index (χ0v) is 12.7. The summed E-state index contributed by atoms with van der Waals surface area (Å²) < 4.78 is 0. The Morgan fingerprint density at radius 3 is 2.91 bits per heavy atom. The lowest BCUT2D eigenvalue weighted by molar-refractivity contribution is 0.0948. The summed E-state index contributed by atoms with van der Waals surface area (Å²) in [5.41, 5.74) is 2.87. The summed E-state index contributed by atoms with van der Waals surface area (Å²) in [6, 6.07) is 8.31. The van der Waals surface area contributed by atoms with Gasteiger partial charge in [0.2, 0.25) is 0 Å². The molecule has 2 aromatic rings. The van der Waals surface area contributed by atoms with E-state index < -0.39 is 0 Å². The summed E-state index contributed by atoms with van der Waals surface area (Å²) in [5.74, 6) is 0.629. The molecule has 0 fully saturated rings. The number of anilines is 2. The van der Waals surface area contributed by atoms with Gasteiger partial charge >= 0.3 is 0 Å². The summed E-state index contributed by atoms with van der Waals surface area (Å²) in [7, 11) is 0. The number of unbranched alkanes of at least 4 members (excludes halogenated alkanes) is 1.